The van der Waals surface area contributed by atoms with E-state index in [-0.39, 0.29) is 35.7 Å². The molecule has 0 spiro atoms. The Morgan fingerprint density at radius 3 is 1.85 bits per heavy atom. The molecule has 8 rings (SSSR count). The minimum atomic E-state index is -0.687. The molecule has 3 N–H and O–H groups in total. The third kappa shape index (κ3) is 7.80. The van der Waals surface area contributed by atoms with Gasteiger partial charge < -0.3 is 34.9 Å². The zero-order valence-corrected chi connectivity index (χ0v) is 35.1. The number of aromatic nitrogens is 2. The van der Waals surface area contributed by atoms with Crippen LogP contribution in [0.4, 0.5) is 15.3 Å². The van der Waals surface area contributed by atoms with E-state index in [9.17, 15) is 19.2 Å². The maximum atomic E-state index is 13.7. The maximum absolute atomic E-state index is 13.7. The summed E-state index contributed by atoms with van der Waals surface area (Å²) in [5.41, 5.74) is 7.23. The summed E-state index contributed by atoms with van der Waals surface area (Å²) in [4.78, 5) is 68.4. The number of aliphatic imine (C=N–C) groups is 1. The molecule has 4 atom stereocenters. The van der Waals surface area contributed by atoms with E-state index in [1.807, 2.05) is 43.7 Å². The molecule has 0 saturated carbocycles. The molecular weight excluding hydrogens is 759 g/mol. The standard InChI is InChI=1S/C47H53N7O6/c1-26(2)41(51-46(57)59-5)44(55)53-19-7-9-39(53)37-24-35-34-17-15-31(22-32(34)16-18-36(35)49-37)28-11-12-30-23-33(14-13-29(30)21-28)38-25-48-43(50-38)40-10-8-20-54(40)45(56)42(27(3)4)52-47(58)60-6/h11-18,21-23,25-27,39-42H,7-10,19-20,24H2,1-6H3,(H,48,50)(H,51,57)(H,52,58)/t39-,40-,41-,42-/m0/s1. The van der Waals surface area contributed by atoms with E-state index in [4.69, 9.17) is 19.5 Å². The van der Waals surface area contributed by atoms with Gasteiger partial charge in [0.25, 0.3) is 0 Å². The number of nitrogens with zero attached hydrogens (tertiary/aromatic N) is 4. The zero-order valence-electron chi connectivity index (χ0n) is 35.1. The summed E-state index contributed by atoms with van der Waals surface area (Å²) in [6, 6.07) is 22.0. The molecule has 2 saturated heterocycles. The summed E-state index contributed by atoms with van der Waals surface area (Å²) in [7, 11) is 2.60. The average Bonchev–Trinajstić information content (AvgIpc) is 4.09. The lowest BCUT2D eigenvalue weighted by molar-refractivity contribution is -0.135. The second-order valence-electron chi connectivity index (χ2n) is 16.8. The van der Waals surface area contributed by atoms with E-state index < -0.39 is 24.3 Å². The van der Waals surface area contributed by atoms with Crippen molar-refractivity contribution in [2.75, 3.05) is 27.3 Å². The number of H-pyrrole nitrogens is 1. The average molecular weight is 812 g/mol. The highest BCUT2D eigenvalue weighted by atomic mass is 16.5. The van der Waals surface area contributed by atoms with E-state index in [0.29, 0.717) is 19.5 Å². The van der Waals surface area contributed by atoms with E-state index in [2.05, 4.69) is 82.3 Å². The van der Waals surface area contributed by atoms with Crippen molar-refractivity contribution in [2.45, 2.75) is 84.0 Å². The van der Waals surface area contributed by atoms with Gasteiger partial charge in [-0.2, -0.15) is 0 Å². The molecule has 3 aliphatic heterocycles. The van der Waals surface area contributed by atoms with Crippen molar-refractivity contribution in [1.29, 1.82) is 0 Å². The van der Waals surface area contributed by atoms with Gasteiger partial charge in [-0.1, -0.05) is 70.2 Å². The summed E-state index contributed by atoms with van der Waals surface area (Å²) in [5, 5.41) is 9.96. The van der Waals surface area contributed by atoms with Crippen LogP contribution < -0.4 is 10.6 Å². The fraction of sp³-hybridized carbons (Fsp3) is 0.404. The Bertz CT molecular complexity index is 2510. The van der Waals surface area contributed by atoms with Gasteiger partial charge in [-0.05, 0) is 100 Å². The number of imidazole rings is 1. The van der Waals surface area contributed by atoms with Gasteiger partial charge in [-0.3, -0.25) is 14.6 Å². The van der Waals surface area contributed by atoms with Crippen molar-refractivity contribution in [2.24, 2.45) is 16.8 Å². The normalized spacial score (nSPS) is 18.5. The van der Waals surface area contributed by atoms with Gasteiger partial charge in [0, 0.05) is 30.8 Å². The lowest BCUT2D eigenvalue weighted by Gasteiger charge is -2.30. The molecule has 312 valence electrons. The number of benzene rings is 4. The van der Waals surface area contributed by atoms with Crippen LogP contribution in [-0.2, 0) is 25.5 Å². The number of ether oxygens (including phenoxy) is 2. The highest BCUT2D eigenvalue weighted by Gasteiger charge is 2.40. The summed E-state index contributed by atoms with van der Waals surface area (Å²) >= 11 is 0. The Labute approximate surface area is 349 Å². The largest absolute Gasteiger partial charge is 0.453 e. The number of aromatic amines is 1. The Morgan fingerprint density at radius 2 is 1.23 bits per heavy atom. The number of methoxy groups -OCH3 is 2. The van der Waals surface area contributed by atoms with Crippen LogP contribution in [0.25, 0.3) is 43.9 Å². The molecule has 4 aromatic carbocycles. The van der Waals surface area contributed by atoms with Crippen LogP contribution in [0.2, 0.25) is 0 Å². The number of carbonyl (C=O) groups is 4. The molecule has 0 radical (unpaired) electrons. The van der Waals surface area contributed by atoms with Gasteiger partial charge in [0.2, 0.25) is 11.8 Å². The number of hydrogen-bond acceptors (Lipinski definition) is 8. The maximum Gasteiger partial charge on any atom is 0.407 e. The first kappa shape index (κ1) is 40.5. The highest BCUT2D eigenvalue weighted by Crippen LogP contribution is 2.39. The molecular formula is C47H53N7O6. The molecule has 2 fully saturated rings. The highest BCUT2D eigenvalue weighted by molar-refractivity contribution is 6.06. The number of amides is 4. The molecule has 4 heterocycles. The first-order valence-electron chi connectivity index (χ1n) is 21.0. The number of rotatable bonds is 10. The Balaban J connectivity index is 0.969. The van der Waals surface area contributed by atoms with Gasteiger partial charge >= 0.3 is 12.2 Å². The van der Waals surface area contributed by atoms with E-state index in [1.54, 1.807) is 0 Å². The molecule has 0 bridgehead atoms. The SMILES string of the molecule is COC(=O)N[C@H](C(=O)N1CCC[C@H]1C1=Nc2ccc3cc(-c4ccc5cc(-c6cnc([C@@H]7CCCN7C(=O)[C@@H](NC(=O)OC)C(C)C)[nH]6)ccc5c4)ccc3c2C1)C(C)C. The number of likely N-dealkylation sites (tertiary alicyclic amines) is 2. The number of nitrogens with one attached hydrogen (secondary N) is 3. The second kappa shape index (κ2) is 16.8. The fourth-order valence-corrected chi connectivity index (χ4v) is 9.11. The van der Waals surface area contributed by atoms with Gasteiger partial charge in [-0.15, -0.1) is 0 Å². The predicted molar refractivity (Wildman–Crippen MR) is 232 cm³/mol. The van der Waals surface area contributed by atoms with E-state index >= 15 is 0 Å². The summed E-state index contributed by atoms with van der Waals surface area (Å²) < 4.78 is 9.58. The van der Waals surface area contributed by atoms with E-state index in [1.165, 1.54) is 19.8 Å². The van der Waals surface area contributed by atoms with Gasteiger partial charge in [-0.25, -0.2) is 14.6 Å². The minimum Gasteiger partial charge on any atom is -0.453 e. The smallest absolute Gasteiger partial charge is 0.407 e. The number of carbonyl (C=O) groups excluding carboxylic acids is 4. The van der Waals surface area contributed by atoms with Crippen molar-refractivity contribution in [3.8, 4) is 22.4 Å². The monoisotopic (exact) mass is 811 g/mol. The lowest BCUT2D eigenvalue weighted by atomic mass is 9.94. The molecule has 4 amide bonds. The second-order valence-corrected chi connectivity index (χ2v) is 16.8. The zero-order chi connectivity index (χ0) is 42.2. The van der Waals surface area contributed by atoms with Crippen molar-refractivity contribution in [3.05, 3.63) is 84.3 Å². The Hall–Kier alpha value is -6.24. The van der Waals surface area contributed by atoms with Crippen molar-refractivity contribution < 1.29 is 28.7 Å². The van der Waals surface area contributed by atoms with Crippen LogP contribution >= 0.6 is 0 Å². The molecule has 60 heavy (non-hydrogen) atoms. The molecule has 3 aliphatic rings. The summed E-state index contributed by atoms with van der Waals surface area (Å²) in [6.45, 7) is 8.90. The molecule has 13 nitrogen and oxygen atoms in total. The van der Waals surface area contributed by atoms with Crippen LogP contribution in [0, 0.1) is 11.8 Å². The van der Waals surface area contributed by atoms with Crippen LogP contribution in [0.3, 0.4) is 0 Å². The van der Waals surface area contributed by atoms with Crippen molar-refractivity contribution in [1.82, 2.24) is 30.4 Å². The first-order chi connectivity index (χ1) is 28.9. The Kier molecular flexibility index (Phi) is 11.3. The van der Waals surface area contributed by atoms with Gasteiger partial charge in [0.15, 0.2) is 0 Å². The van der Waals surface area contributed by atoms with Crippen LogP contribution in [0.5, 0.6) is 0 Å². The quantitative estimate of drug-likeness (QED) is 0.129. The fourth-order valence-electron chi connectivity index (χ4n) is 9.11. The van der Waals surface area contributed by atoms with Crippen molar-refractivity contribution >= 4 is 56.9 Å². The predicted octanol–water partition coefficient (Wildman–Crippen LogP) is 8.09. The molecule has 0 aliphatic carbocycles. The summed E-state index contributed by atoms with van der Waals surface area (Å²) in [5.74, 6) is 0.309. The van der Waals surface area contributed by atoms with Crippen LogP contribution in [-0.4, -0.2) is 94.9 Å². The van der Waals surface area contributed by atoms with Crippen LogP contribution in [0.15, 0.2) is 77.9 Å². The molecule has 0 unspecified atom stereocenters. The molecule has 5 aromatic rings. The third-order valence-corrected chi connectivity index (χ3v) is 12.4. The van der Waals surface area contributed by atoms with E-state index in [0.717, 1.165) is 86.8 Å². The number of alkyl carbamates (subject to hydrolysis) is 2. The van der Waals surface area contributed by atoms with Gasteiger partial charge in [0.1, 0.15) is 17.9 Å². The molecule has 13 heteroatoms. The first-order valence-corrected chi connectivity index (χ1v) is 21.0. The minimum absolute atomic E-state index is 0.0900. The topological polar surface area (TPSA) is 158 Å². The molecule has 1 aromatic heterocycles. The van der Waals surface area contributed by atoms with Gasteiger partial charge in [0.05, 0.1) is 43.9 Å². The number of hydrogen-bond donors (Lipinski definition) is 3. The number of fused-ring (bicyclic) bond motifs is 4. The van der Waals surface area contributed by atoms with Crippen molar-refractivity contribution in [3.63, 3.8) is 0 Å². The summed E-state index contributed by atoms with van der Waals surface area (Å²) in [6.07, 6.45) is 4.64. The third-order valence-electron chi connectivity index (χ3n) is 12.4. The lowest BCUT2D eigenvalue weighted by Crippen LogP contribution is -2.53. The Morgan fingerprint density at radius 1 is 0.700 bits per heavy atom. The van der Waals surface area contributed by atoms with Crippen LogP contribution in [0.1, 0.15) is 70.8 Å².